The number of benzene rings is 1. The van der Waals surface area contributed by atoms with Gasteiger partial charge in [0.25, 0.3) is 0 Å². The molecule has 1 saturated heterocycles. The first-order valence-electron chi connectivity index (χ1n) is 13.8. The molecular formula is C26H36N8O5S. The minimum atomic E-state index is -3.72. The smallest absolute Gasteiger partial charge is 0.336 e. The molecule has 1 aliphatic heterocycles. The number of hydrogen-bond donors (Lipinski definition) is 2. The van der Waals surface area contributed by atoms with Crippen molar-refractivity contribution < 1.29 is 17.9 Å². The van der Waals surface area contributed by atoms with Gasteiger partial charge in [-0.25, -0.2) is 27.3 Å². The number of nitrogens with one attached hydrogen (secondary N) is 2. The fourth-order valence-corrected chi connectivity index (χ4v) is 6.01. The summed E-state index contributed by atoms with van der Waals surface area (Å²) in [7, 11) is -3.72. The van der Waals surface area contributed by atoms with Crippen molar-refractivity contribution in [2.45, 2.75) is 50.5 Å². The monoisotopic (exact) mass is 572 g/mol. The molecule has 216 valence electrons. The molecule has 2 N–H and O–H groups in total. The van der Waals surface area contributed by atoms with Gasteiger partial charge in [0, 0.05) is 32.6 Å². The van der Waals surface area contributed by atoms with Crippen LogP contribution in [0.5, 0.6) is 5.75 Å². The van der Waals surface area contributed by atoms with Crippen LogP contribution >= 0.6 is 0 Å². The summed E-state index contributed by atoms with van der Waals surface area (Å²) in [4.78, 5) is 23.3. The van der Waals surface area contributed by atoms with Gasteiger partial charge < -0.3 is 14.5 Å². The van der Waals surface area contributed by atoms with E-state index in [1.807, 2.05) is 0 Å². The molecule has 40 heavy (non-hydrogen) atoms. The van der Waals surface area contributed by atoms with Gasteiger partial charge in [-0.05, 0) is 37.9 Å². The number of H-pyrrole nitrogens is 1. The van der Waals surface area contributed by atoms with Crippen LogP contribution in [0.1, 0.15) is 38.4 Å². The van der Waals surface area contributed by atoms with E-state index in [1.54, 1.807) is 28.8 Å². The van der Waals surface area contributed by atoms with E-state index in [9.17, 15) is 13.2 Å². The van der Waals surface area contributed by atoms with E-state index in [4.69, 9.17) is 9.47 Å². The molecule has 4 aromatic rings. The number of morpholine rings is 1. The first kappa shape index (κ1) is 28.2. The SMILES string of the molecule is CCCCn1c(=O)n2cnnc2c2[nH]c(CCCOc3ccccc3S(=O)(=O)NCCCN3CCOCC3)nc21. The summed E-state index contributed by atoms with van der Waals surface area (Å²) < 4.78 is 43.0. The first-order chi connectivity index (χ1) is 19.5. The third-order valence-electron chi connectivity index (χ3n) is 6.93. The van der Waals surface area contributed by atoms with Crippen LogP contribution in [-0.4, -0.2) is 88.5 Å². The molecule has 1 fully saturated rings. The lowest BCUT2D eigenvalue weighted by atomic mass is 10.3. The Hall–Kier alpha value is -3.33. The number of fused-ring (bicyclic) bond motifs is 3. The normalized spacial score (nSPS) is 14.8. The molecule has 3 aromatic heterocycles. The number of sulfonamides is 1. The number of para-hydroxylation sites is 1. The second-order valence-electron chi connectivity index (χ2n) is 9.80. The van der Waals surface area contributed by atoms with Crippen molar-refractivity contribution in [3.05, 3.63) is 46.9 Å². The maximum Gasteiger partial charge on any atom is 0.336 e. The topological polar surface area (TPSA) is 149 Å². The van der Waals surface area contributed by atoms with Gasteiger partial charge in [0.2, 0.25) is 10.0 Å². The summed E-state index contributed by atoms with van der Waals surface area (Å²) in [6.45, 7) is 7.29. The molecule has 1 aliphatic rings. The van der Waals surface area contributed by atoms with Crippen molar-refractivity contribution in [1.29, 1.82) is 0 Å². The molecule has 0 radical (unpaired) electrons. The molecule has 5 rings (SSSR count). The fraction of sp³-hybridized carbons (Fsp3) is 0.538. The van der Waals surface area contributed by atoms with Crippen LogP contribution in [0.15, 0.2) is 40.3 Å². The Balaban J connectivity index is 1.19. The quantitative estimate of drug-likeness (QED) is 0.215. The second-order valence-corrected chi connectivity index (χ2v) is 11.5. The molecule has 0 aliphatic carbocycles. The van der Waals surface area contributed by atoms with Gasteiger partial charge in [0.05, 0.1) is 19.8 Å². The lowest BCUT2D eigenvalue weighted by Gasteiger charge is -2.26. The van der Waals surface area contributed by atoms with E-state index in [2.05, 4.69) is 36.7 Å². The molecule has 14 heteroatoms. The van der Waals surface area contributed by atoms with Crippen molar-refractivity contribution in [1.82, 2.24) is 38.8 Å². The highest BCUT2D eigenvalue weighted by Gasteiger charge is 2.20. The van der Waals surface area contributed by atoms with Crippen LogP contribution < -0.4 is 15.1 Å². The number of unbranched alkanes of at least 4 members (excludes halogenated alkanes) is 1. The van der Waals surface area contributed by atoms with Gasteiger partial charge in [0.15, 0.2) is 11.3 Å². The summed E-state index contributed by atoms with van der Waals surface area (Å²) in [5.74, 6) is 1.01. The van der Waals surface area contributed by atoms with Crippen molar-refractivity contribution in [3.63, 3.8) is 0 Å². The number of ether oxygens (including phenoxy) is 2. The van der Waals surface area contributed by atoms with E-state index in [0.29, 0.717) is 67.3 Å². The minimum absolute atomic E-state index is 0.124. The second kappa shape index (κ2) is 12.9. The van der Waals surface area contributed by atoms with Crippen LogP contribution in [0.3, 0.4) is 0 Å². The lowest BCUT2D eigenvalue weighted by Crippen LogP contribution is -2.38. The predicted octanol–water partition coefficient (Wildman–Crippen LogP) is 1.58. The Morgan fingerprint density at radius 2 is 1.93 bits per heavy atom. The Bertz CT molecular complexity index is 1590. The largest absolute Gasteiger partial charge is 0.492 e. The van der Waals surface area contributed by atoms with Gasteiger partial charge in [-0.1, -0.05) is 25.5 Å². The molecule has 0 spiro atoms. The third-order valence-corrected chi connectivity index (χ3v) is 8.43. The third kappa shape index (κ3) is 6.35. The number of aryl methyl sites for hydroxylation is 2. The molecule has 0 bridgehead atoms. The molecule has 0 amide bonds. The Morgan fingerprint density at radius 1 is 1.10 bits per heavy atom. The van der Waals surface area contributed by atoms with E-state index < -0.39 is 10.0 Å². The molecule has 0 unspecified atom stereocenters. The molecule has 4 heterocycles. The average Bonchev–Trinajstić information content (AvgIpc) is 3.62. The van der Waals surface area contributed by atoms with Crippen LogP contribution in [0, 0.1) is 0 Å². The first-order valence-corrected chi connectivity index (χ1v) is 15.3. The highest BCUT2D eigenvalue weighted by molar-refractivity contribution is 7.89. The standard InChI is InChI=1S/C26H36N8O5S/c1-2-3-13-33-24-23(25-31-27-19-34(25)26(33)35)29-22(30-24)10-6-16-39-20-8-4-5-9-21(20)40(36,37)28-11-7-12-32-14-17-38-18-15-32/h4-5,8-9,19,28H,2-3,6-7,10-18H2,1H3,(H,29,30). The van der Waals surface area contributed by atoms with E-state index >= 15 is 0 Å². The fourth-order valence-electron chi connectivity index (χ4n) is 4.79. The highest BCUT2D eigenvalue weighted by Crippen LogP contribution is 2.23. The molecular weight excluding hydrogens is 536 g/mol. The van der Waals surface area contributed by atoms with Crippen LogP contribution in [0.25, 0.3) is 16.8 Å². The maximum absolute atomic E-state index is 13.0. The zero-order valence-corrected chi connectivity index (χ0v) is 23.5. The summed E-state index contributed by atoms with van der Waals surface area (Å²) in [6, 6.07) is 6.66. The van der Waals surface area contributed by atoms with Crippen molar-refractivity contribution >= 4 is 26.8 Å². The van der Waals surface area contributed by atoms with Gasteiger partial charge in [-0.3, -0.25) is 9.47 Å². The lowest BCUT2D eigenvalue weighted by molar-refractivity contribution is 0.0376. The van der Waals surface area contributed by atoms with Crippen LogP contribution in [0.2, 0.25) is 0 Å². The number of rotatable bonds is 14. The summed E-state index contributed by atoms with van der Waals surface area (Å²) in [6.07, 6.45) is 5.06. The van der Waals surface area contributed by atoms with Gasteiger partial charge in [-0.15, -0.1) is 10.2 Å². The zero-order valence-electron chi connectivity index (χ0n) is 22.7. The highest BCUT2D eigenvalue weighted by atomic mass is 32.2. The number of nitrogens with zero attached hydrogens (tertiary/aromatic N) is 6. The predicted molar refractivity (Wildman–Crippen MR) is 149 cm³/mol. The van der Waals surface area contributed by atoms with E-state index in [1.165, 1.54) is 10.7 Å². The van der Waals surface area contributed by atoms with Crippen molar-refractivity contribution in [2.75, 3.05) is 46.0 Å². The van der Waals surface area contributed by atoms with Crippen LogP contribution in [-0.2, 0) is 27.7 Å². The number of imidazole rings is 1. The Morgan fingerprint density at radius 3 is 2.75 bits per heavy atom. The van der Waals surface area contributed by atoms with Gasteiger partial charge >= 0.3 is 5.69 Å². The van der Waals surface area contributed by atoms with Gasteiger partial charge in [0.1, 0.15) is 28.3 Å². The summed E-state index contributed by atoms with van der Waals surface area (Å²) >= 11 is 0. The van der Waals surface area contributed by atoms with Crippen molar-refractivity contribution in [3.8, 4) is 5.75 Å². The maximum atomic E-state index is 13.0. The van der Waals surface area contributed by atoms with E-state index in [0.717, 1.165) is 45.7 Å². The Kier molecular flexibility index (Phi) is 9.09. The number of aromatic amines is 1. The molecule has 13 nitrogen and oxygen atoms in total. The zero-order chi connectivity index (χ0) is 28.0. The average molecular weight is 573 g/mol. The molecule has 1 aromatic carbocycles. The summed E-state index contributed by atoms with van der Waals surface area (Å²) in [5, 5.41) is 7.99. The molecule has 0 saturated carbocycles. The molecule has 0 atom stereocenters. The van der Waals surface area contributed by atoms with Gasteiger partial charge in [-0.2, -0.15) is 0 Å². The van der Waals surface area contributed by atoms with Crippen molar-refractivity contribution in [2.24, 2.45) is 0 Å². The number of aromatic nitrogens is 6. The Labute approximate surface area is 232 Å². The van der Waals surface area contributed by atoms with E-state index in [-0.39, 0.29) is 10.6 Å². The minimum Gasteiger partial charge on any atom is -0.492 e. The van der Waals surface area contributed by atoms with Crippen LogP contribution in [0.4, 0.5) is 0 Å². The summed E-state index contributed by atoms with van der Waals surface area (Å²) in [5.41, 5.74) is 1.46. The number of hydrogen-bond acceptors (Lipinski definition) is 9.